The molecule has 0 saturated heterocycles. The number of anilines is 1. The van der Waals surface area contributed by atoms with Gasteiger partial charge in [-0.15, -0.1) is 0 Å². The summed E-state index contributed by atoms with van der Waals surface area (Å²) < 4.78 is 6.54. The molecule has 0 saturated carbocycles. The first-order valence-corrected chi connectivity index (χ1v) is 7.75. The van der Waals surface area contributed by atoms with Crippen molar-refractivity contribution in [2.45, 2.75) is 19.4 Å². The van der Waals surface area contributed by atoms with E-state index in [4.69, 9.17) is 16.3 Å². The Bertz CT molecular complexity index is 633. The fourth-order valence-electron chi connectivity index (χ4n) is 1.80. The molecule has 1 amide bonds. The molecule has 2 aromatic carbocycles. The maximum Gasteiger partial charge on any atom is 0.265 e. The van der Waals surface area contributed by atoms with Crippen molar-refractivity contribution >= 4 is 39.1 Å². The molecule has 21 heavy (non-hydrogen) atoms. The molecule has 1 unspecified atom stereocenters. The molecule has 1 atom stereocenters. The number of benzene rings is 2. The van der Waals surface area contributed by atoms with Crippen molar-refractivity contribution in [2.24, 2.45) is 0 Å². The Morgan fingerprint density at radius 3 is 2.71 bits per heavy atom. The number of carbonyl (C=O) groups excluding carboxylic acids is 1. The van der Waals surface area contributed by atoms with Gasteiger partial charge in [-0.3, -0.25) is 4.79 Å². The van der Waals surface area contributed by atoms with Crippen molar-refractivity contribution in [2.75, 3.05) is 5.32 Å². The Morgan fingerprint density at radius 2 is 2.05 bits per heavy atom. The molecule has 0 bridgehead atoms. The first-order chi connectivity index (χ1) is 10.1. The summed E-state index contributed by atoms with van der Waals surface area (Å²) in [4.78, 5) is 12.3. The standard InChI is InChI=1S/C16H15BrClNO2/c1-2-15(21-12-7-5-6-11(18)10-12)16(20)19-14-9-4-3-8-13(14)17/h3-10,15H,2H2,1H3,(H,19,20). The second-order valence-corrected chi connectivity index (χ2v) is 5.73. The van der Waals surface area contributed by atoms with Gasteiger partial charge in [0.15, 0.2) is 6.10 Å². The van der Waals surface area contributed by atoms with Gasteiger partial charge in [-0.25, -0.2) is 0 Å². The minimum atomic E-state index is -0.574. The third-order valence-corrected chi connectivity index (χ3v) is 3.80. The Hall–Kier alpha value is -1.52. The number of ether oxygens (including phenoxy) is 1. The monoisotopic (exact) mass is 367 g/mol. The Morgan fingerprint density at radius 1 is 1.29 bits per heavy atom. The van der Waals surface area contributed by atoms with Crippen LogP contribution in [-0.2, 0) is 4.79 Å². The van der Waals surface area contributed by atoms with Gasteiger partial charge in [0.2, 0.25) is 0 Å². The van der Waals surface area contributed by atoms with Gasteiger partial charge < -0.3 is 10.1 Å². The summed E-state index contributed by atoms with van der Waals surface area (Å²) in [5, 5.41) is 3.43. The van der Waals surface area contributed by atoms with Crippen molar-refractivity contribution in [3.63, 3.8) is 0 Å². The van der Waals surface area contributed by atoms with Gasteiger partial charge in [-0.2, -0.15) is 0 Å². The smallest absolute Gasteiger partial charge is 0.265 e. The van der Waals surface area contributed by atoms with Crippen LogP contribution >= 0.6 is 27.5 Å². The number of nitrogens with one attached hydrogen (secondary N) is 1. The first-order valence-electron chi connectivity index (χ1n) is 6.57. The summed E-state index contributed by atoms with van der Waals surface area (Å²) in [7, 11) is 0. The first kappa shape index (κ1) is 15.9. The molecule has 0 heterocycles. The normalized spacial score (nSPS) is 11.8. The lowest BCUT2D eigenvalue weighted by atomic mass is 10.2. The third kappa shape index (κ3) is 4.48. The minimum Gasteiger partial charge on any atom is -0.481 e. The molecule has 0 aliphatic carbocycles. The molecule has 5 heteroatoms. The van der Waals surface area contributed by atoms with Crippen molar-refractivity contribution in [3.8, 4) is 5.75 Å². The SMILES string of the molecule is CCC(Oc1cccc(Cl)c1)C(=O)Nc1ccccc1Br. The van der Waals surface area contributed by atoms with Crippen LogP contribution in [0.25, 0.3) is 0 Å². The predicted molar refractivity (Wildman–Crippen MR) is 88.9 cm³/mol. The summed E-state index contributed by atoms with van der Waals surface area (Å²) in [5.41, 5.74) is 0.718. The van der Waals surface area contributed by atoms with Crippen LogP contribution < -0.4 is 10.1 Å². The van der Waals surface area contributed by atoms with Gasteiger partial charge in [0.25, 0.3) is 5.91 Å². The Kier molecular flexibility index (Phi) is 5.65. The Balaban J connectivity index is 2.07. The number of carbonyl (C=O) groups is 1. The molecule has 3 nitrogen and oxygen atoms in total. The van der Waals surface area contributed by atoms with E-state index in [1.807, 2.05) is 31.2 Å². The van der Waals surface area contributed by atoms with Crippen molar-refractivity contribution < 1.29 is 9.53 Å². The summed E-state index contributed by atoms with van der Waals surface area (Å²) in [5.74, 6) is 0.390. The molecule has 0 aromatic heterocycles. The highest BCUT2D eigenvalue weighted by Gasteiger charge is 2.19. The zero-order valence-electron chi connectivity index (χ0n) is 11.5. The fourth-order valence-corrected chi connectivity index (χ4v) is 2.37. The molecule has 1 N–H and O–H groups in total. The summed E-state index contributed by atoms with van der Waals surface area (Å²) in [6.07, 6.45) is -0.0152. The zero-order valence-corrected chi connectivity index (χ0v) is 13.8. The Labute approximate surface area is 137 Å². The average Bonchev–Trinajstić information content (AvgIpc) is 2.47. The average molecular weight is 369 g/mol. The maximum atomic E-state index is 12.3. The molecule has 0 aliphatic heterocycles. The van der Waals surface area contributed by atoms with E-state index in [-0.39, 0.29) is 5.91 Å². The molecular formula is C16H15BrClNO2. The van der Waals surface area contributed by atoms with E-state index >= 15 is 0 Å². The van der Waals surface area contributed by atoms with Crippen LogP contribution in [0.15, 0.2) is 53.0 Å². The second-order valence-electron chi connectivity index (χ2n) is 4.44. The molecule has 0 radical (unpaired) electrons. The van der Waals surface area contributed by atoms with Crippen molar-refractivity contribution in [1.82, 2.24) is 0 Å². The number of amides is 1. The highest BCUT2D eigenvalue weighted by molar-refractivity contribution is 9.10. The minimum absolute atomic E-state index is 0.190. The molecular weight excluding hydrogens is 354 g/mol. The second kappa shape index (κ2) is 7.48. The molecule has 0 fully saturated rings. The van der Waals surface area contributed by atoms with E-state index in [1.165, 1.54) is 0 Å². The van der Waals surface area contributed by atoms with Gasteiger partial charge in [0.05, 0.1) is 5.69 Å². The molecule has 2 aromatic rings. The molecule has 2 rings (SSSR count). The van der Waals surface area contributed by atoms with Crippen LogP contribution in [-0.4, -0.2) is 12.0 Å². The molecule has 110 valence electrons. The van der Waals surface area contributed by atoms with E-state index in [0.717, 1.165) is 10.2 Å². The van der Waals surface area contributed by atoms with Gasteiger partial charge in [0.1, 0.15) is 5.75 Å². The quantitative estimate of drug-likeness (QED) is 0.815. The van der Waals surface area contributed by atoms with Crippen LogP contribution in [0.5, 0.6) is 5.75 Å². The van der Waals surface area contributed by atoms with E-state index in [9.17, 15) is 4.79 Å². The number of halogens is 2. The highest BCUT2D eigenvalue weighted by Crippen LogP contribution is 2.23. The largest absolute Gasteiger partial charge is 0.481 e. The molecule has 0 aliphatic rings. The summed E-state index contributed by atoms with van der Waals surface area (Å²) >= 11 is 9.31. The fraction of sp³-hybridized carbons (Fsp3) is 0.188. The van der Waals surface area contributed by atoms with Crippen LogP contribution in [0.2, 0.25) is 5.02 Å². The van der Waals surface area contributed by atoms with Crippen LogP contribution in [0.1, 0.15) is 13.3 Å². The van der Waals surface area contributed by atoms with Gasteiger partial charge in [-0.1, -0.05) is 36.7 Å². The topological polar surface area (TPSA) is 38.3 Å². The summed E-state index contributed by atoms with van der Waals surface area (Å²) in [6.45, 7) is 1.90. The van der Waals surface area contributed by atoms with E-state index < -0.39 is 6.10 Å². The van der Waals surface area contributed by atoms with E-state index in [2.05, 4.69) is 21.2 Å². The van der Waals surface area contributed by atoms with Gasteiger partial charge in [0, 0.05) is 9.50 Å². The van der Waals surface area contributed by atoms with Crippen LogP contribution in [0.4, 0.5) is 5.69 Å². The maximum absolute atomic E-state index is 12.3. The number of para-hydroxylation sites is 1. The predicted octanol–water partition coefficient (Wildman–Crippen LogP) is 4.90. The lowest BCUT2D eigenvalue weighted by molar-refractivity contribution is -0.122. The zero-order chi connectivity index (χ0) is 15.2. The van der Waals surface area contributed by atoms with Gasteiger partial charge >= 0.3 is 0 Å². The summed E-state index contributed by atoms with van der Waals surface area (Å²) in [6, 6.07) is 14.5. The number of rotatable bonds is 5. The number of hydrogen-bond acceptors (Lipinski definition) is 2. The van der Waals surface area contributed by atoms with Crippen molar-refractivity contribution in [3.05, 3.63) is 58.0 Å². The highest BCUT2D eigenvalue weighted by atomic mass is 79.9. The molecule has 0 spiro atoms. The number of hydrogen-bond donors (Lipinski definition) is 1. The lowest BCUT2D eigenvalue weighted by Crippen LogP contribution is -2.32. The third-order valence-electron chi connectivity index (χ3n) is 2.87. The van der Waals surface area contributed by atoms with Crippen LogP contribution in [0, 0.1) is 0 Å². The van der Waals surface area contributed by atoms with E-state index in [1.54, 1.807) is 24.3 Å². The van der Waals surface area contributed by atoms with Gasteiger partial charge in [-0.05, 0) is 52.7 Å². The van der Waals surface area contributed by atoms with E-state index in [0.29, 0.717) is 17.2 Å². The lowest BCUT2D eigenvalue weighted by Gasteiger charge is -2.18. The van der Waals surface area contributed by atoms with Crippen molar-refractivity contribution in [1.29, 1.82) is 0 Å². The van der Waals surface area contributed by atoms with Crippen LogP contribution in [0.3, 0.4) is 0 Å².